The Balaban J connectivity index is 1.79. The first-order valence-electron chi connectivity index (χ1n) is 8.48. The summed E-state index contributed by atoms with van der Waals surface area (Å²) in [6.45, 7) is 2.42. The number of nitro groups is 1. The number of halogens is 3. The predicted molar refractivity (Wildman–Crippen MR) is 100 cm³/mol. The topological polar surface area (TPSA) is 82.5 Å². The summed E-state index contributed by atoms with van der Waals surface area (Å²) in [5.41, 5.74) is 1.87. The molecule has 0 saturated carbocycles. The van der Waals surface area contributed by atoms with Crippen LogP contribution in [0.5, 0.6) is 5.75 Å². The molecule has 0 aliphatic carbocycles. The van der Waals surface area contributed by atoms with Crippen molar-refractivity contribution in [1.29, 1.82) is 0 Å². The minimum Gasteiger partial charge on any atom is -0.406 e. The van der Waals surface area contributed by atoms with E-state index in [9.17, 15) is 23.3 Å². The van der Waals surface area contributed by atoms with Crippen molar-refractivity contribution >= 4 is 17.7 Å². The van der Waals surface area contributed by atoms with Gasteiger partial charge in [0.15, 0.2) is 5.82 Å². The molecule has 3 rings (SSSR count). The Morgan fingerprint density at radius 3 is 2.38 bits per heavy atom. The zero-order chi connectivity index (χ0) is 21.0. The van der Waals surface area contributed by atoms with Crippen LogP contribution in [0.4, 0.5) is 24.7 Å². The molecule has 0 saturated heterocycles. The number of aliphatic imine (C=N–C) groups is 1. The van der Waals surface area contributed by atoms with E-state index in [1.165, 1.54) is 42.6 Å². The molecule has 3 aromatic rings. The van der Waals surface area contributed by atoms with Gasteiger partial charge >= 0.3 is 6.36 Å². The zero-order valence-corrected chi connectivity index (χ0v) is 15.1. The van der Waals surface area contributed by atoms with Crippen LogP contribution in [0.1, 0.15) is 12.5 Å². The quantitative estimate of drug-likeness (QED) is 0.324. The Labute approximate surface area is 163 Å². The molecule has 0 aliphatic rings. The molecule has 2 aromatic carbocycles. The first-order valence-corrected chi connectivity index (χ1v) is 8.48. The highest BCUT2D eigenvalue weighted by Crippen LogP contribution is 2.26. The minimum atomic E-state index is -4.74. The Morgan fingerprint density at radius 2 is 1.83 bits per heavy atom. The van der Waals surface area contributed by atoms with E-state index in [1.807, 2.05) is 6.92 Å². The van der Waals surface area contributed by atoms with Crippen molar-refractivity contribution in [2.75, 3.05) is 0 Å². The Morgan fingerprint density at radius 1 is 1.17 bits per heavy atom. The molecule has 7 nitrogen and oxygen atoms in total. The number of hydrogen-bond donors (Lipinski definition) is 0. The van der Waals surface area contributed by atoms with Gasteiger partial charge in [0.05, 0.1) is 10.6 Å². The smallest absolute Gasteiger partial charge is 0.406 e. The number of ether oxygens (including phenoxy) is 1. The lowest BCUT2D eigenvalue weighted by Crippen LogP contribution is -2.16. The Bertz CT molecular complexity index is 1030. The second-order valence-electron chi connectivity index (χ2n) is 5.88. The van der Waals surface area contributed by atoms with Gasteiger partial charge in [0.2, 0.25) is 0 Å². The number of non-ortho nitro benzene ring substituents is 1. The summed E-state index contributed by atoms with van der Waals surface area (Å²) in [7, 11) is 0. The summed E-state index contributed by atoms with van der Waals surface area (Å²) in [5, 5.41) is 15.2. The molecule has 0 radical (unpaired) electrons. The van der Waals surface area contributed by atoms with Crippen molar-refractivity contribution in [1.82, 2.24) is 9.78 Å². The van der Waals surface area contributed by atoms with Crippen LogP contribution in [0.3, 0.4) is 0 Å². The van der Waals surface area contributed by atoms with Crippen LogP contribution >= 0.6 is 0 Å². The summed E-state index contributed by atoms with van der Waals surface area (Å²) < 4.78 is 42.1. The van der Waals surface area contributed by atoms with E-state index in [4.69, 9.17) is 0 Å². The van der Waals surface area contributed by atoms with E-state index < -0.39 is 11.3 Å². The first kappa shape index (κ1) is 20.1. The van der Waals surface area contributed by atoms with Crippen LogP contribution in [0, 0.1) is 10.1 Å². The molecule has 150 valence electrons. The lowest BCUT2D eigenvalue weighted by atomic mass is 10.1. The monoisotopic (exact) mass is 404 g/mol. The van der Waals surface area contributed by atoms with Gasteiger partial charge in [-0.15, -0.1) is 13.2 Å². The fraction of sp³-hybridized carbons (Fsp3) is 0.158. The highest BCUT2D eigenvalue weighted by molar-refractivity contribution is 5.82. The van der Waals surface area contributed by atoms with Crippen LogP contribution in [0.2, 0.25) is 0 Å². The number of rotatable bonds is 6. The molecular formula is C19H15F3N4O3. The van der Waals surface area contributed by atoms with Gasteiger partial charge in [0, 0.05) is 36.5 Å². The number of nitrogens with zero attached hydrogens (tertiary/aromatic N) is 4. The number of aromatic nitrogens is 2. The van der Waals surface area contributed by atoms with Gasteiger partial charge in [-0.2, -0.15) is 5.10 Å². The van der Waals surface area contributed by atoms with Gasteiger partial charge < -0.3 is 4.74 Å². The maximum Gasteiger partial charge on any atom is 0.573 e. The fourth-order valence-corrected chi connectivity index (χ4v) is 2.53. The number of nitro benzene ring substituents is 1. The van der Waals surface area contributed by atoms with E-state index in [1.54, 1.807) is 22.9 Å². The third-order valence-electron chi connectivity index (χ3n) is 3.89. The van der Waals surface area contributed by atoms with E-state index >= 15 is 0 Å². The van der Waals surface area contributed by atoms with Crippen molar-refractivity contribution in [2.24, 2.45) is 4.99 Å². The lowest BCUT2D eigenvalue weighted by Gasteiger charge is -2.08. The van der Waals surface area contributed by atoms with Crippen LogP contribution in [-0.4, -0.2) is 27.3 Å². The molecule has 1 heterocycles. The van der Waals surface area contributed by atoms with Gasteiger partial charge in [0.25, 0.3) is 5.69 Å². The summed E-state index contributed by atoms with van der Waals surface area (Å²) in [4.78, 5) is 14.6. The third-order valence-corrected chi connectivity index (χ3v) is 3.89. The van der Waals surface area contributed by atoms with E-state index in [2.05, 4.69) is 14.8 Å². The molecule has 1 aromatic heterocycles. The van der Waals surface area contributed by atoms with Gasteiger partial charge in [-0.25, -0.2) is 9.67 Å². The standard InChI is InChI=1S/C19H15F3N4O3/c1-2-25-18(11-17(24-25)14-5-7-15(8-6-14)26(27)28)23-12-13-3-9-16(10-4-13)29-19(20,21)22/h3-12H,2H2,1H3. The highest BCUT2D eigenvalue weighted by Gasteiger charge is 2.30. The van der Waals surface area contributed by atoms with Crippen molar-refractivity contribution < 1.29 is 22.8 Å². The molecule has 10 heteroatoms. The Hall–Kier alpha value is -3.69. The lowest BCUT2D eigenvalue weighted by molar-refractivity contribution is -0.384. The zero-order valence-electron chi connectivity index (χ0n) is 15.1. The van der Waals surface area contributed by atoms with Gasteiger partial charge in [0.1, 0.15) is 5.75 Å². The average molecular weight is 404 g/mol. The van der Waals surface area contributed by atoms with Gasteiger partial charge in [-0.05, 0) is 48.9 Å². The van der Waals surface area contributed by atoms with Crippen molar-refractivity contribution in [3.63, 3.8) is 0 Å². The molecule has 29 heavy (non-hydrogen) atoms. The third kappa shape index (κ3) is 5.18. The van der Waals surface area contributed by atoms with Crippen molar-refractivity contribution in [3.05, 3.63) is 70.3 Å². The van der Waals surface area contributed by atoms with Crippen LogP contribution < -0.4 is 4.74 Å². The summed E-state index contributed by atoms with van der Waals surface area (Å²) in [6, 6.07) is 13.0. The molecule has 0 atom stereocenters. The predicted octanol–water partition coefficient (Wildman–Crippen LogP) is 5.13. The average Bonchev–Trinajstić information content (AvgIpc) is 3.09. The molecule has 0 N–H and O–H groups in total. The second kappa shape index (κ2) is 8.13. The largest absolute Gasteiger partial charge is 0.573 e. The Kier molecular flexibility index (Phi) is 5.62. The molecule has 0 spiro atoms. The molecule has 0 fully saturated rings. The van der Waals surface area contributed by atoms with E-state index in [0.717, 1.165) is 0 Å². The van der Waals surface area contributed by atoms with Crippen molar-refractivity contribution in [2.45, 2.75) is 19.8 Å². The first-order chi connectivity index (χ1) is 13.7. The molecule has 0 aliphatic heterocycles. The molecular weight excluding hydrogens is 389 g/mol. The number of alkyl halides is 3. The summed E-state index contributed by atoms with van der Waals surface area (Å²) in [5.74, 6) is 0.227. The van der Waals surface area contributed by atoms with Crippen LogP contribution in [-0.2, 0) is 6.54 Å². The molecule has 0 unspecified atom stereocenters. The maximum atomic E-state index is 12.2. The van der Waals surface area contributed by atoms with Gasteiger partial charge in [-0.1, -0.05) is 0 Å². The SMILES string of the molecule is CCn1nc(-c2ccc([N+](=O)[O-])cc2)cc1N=Cc1ccc(OC(F)(F)F)cc1. The van der Waals surface area contributed by atoms with Crippen molar-refractivity contribution in [3.8, 4) is 17.0 Å². The fourth-order valence-electron chi connectivity index (χ4n) is 2.53. The van der Waals surface area contributed by atoms with E-state index in [-0.39, 0.29) is 11.4 Å². The molecule has 0 bridgehead atoms. The normalized spacial score (nSPS) is 11.7. The maximum absolute atomic E-state index is 12.2. The summed E-state index contributed by atoms with van der Waals surface area (Å²) in [6.07, 6.45) is -3.24. The summed E-state index contributed by atoms with van der Waals surface area (Å²) >= 11 is 0. The highest BCUT2D eigenvalue weighted by atomic mass is 19.4. The number of benzene rings is 2. The second-order valence-corrected chi connectivity index (χ2v) is 5.88. The molecule has 0 amide bonds. The number of hydrogen-bond acceptors (Lipinski definition) is 5. The minimum absolute atomic E-state index is 0.0140. The van der Waals surface area contributed by atoms with Gasteiger partial charge in [-0.3, -0.25) is 10.1 Å². The van der Waals surface area contributed by atoms with Crippen LogP contribution in [0.25, 0.3) is 11.3 Å². The number of aryl methyl sites for hydroxylation is 1. The van der Waals surface area contributed by atoms with Crippen LogP contribution in [0.15, 0.2) is 59.6 Å². The van der Waals surface area contributed by atoms with E-state index in [0.29, 0.717) is 29.2 Å².